The van der Waals surface area contributed by atoms with E-state index in [-0.39, 0.29) is 36.6 Å². The van der Waals surface area contributed by atoms with Gasteiger partial charge in [-0.25, -0.2) is 0 Å². The van der Waals surface area contributed by atoms with Gasteiger partial charge in [-0.3, -0.25) is 19.3 Å². The third kappa shape index (κ3) is 6.38. The zero-order valence-corrected chi connectivity index (χ0v) is 20.7. The van der Waals surface area contributed by atoms with Crippen LogP contribution in [-0.2, 0) is 14.4 Å². The molecule has 3 aromatic rings. The van der Waals surface area contributed by atoms with Crippen molar-refractivity contribution >= 4 is 29.2 Å². The van der Waals surface area contributed by atoms with Crippen LogP contribution in [0.2, 0.25) is 0 Å². The molecule has 1 fully saturated rings. The van der Waals surface area contributed by atoms with Gasteiger partial charge in [-0.15, -0.1) is 0 Å². The van der Waals surface area contributed by atoms with Crippen LogP contribution in [0.25, 0.3) is 0 Å². The van der Waals surface area contributed by atoms with E-state index in [9.17, 15) is 14.4 Å². The molecule has 1 aliphatic rings. The average molecular weight is 489 g/mol. The van der Waals surface area contributed by atoms with E-state index in [0.29, 0.717) is 17.3 Å². The minimum Gasteiger partial charge on any atom is -0.360 e. The van der Waals surface area contributed by atoms with Gasteiger partial charge in [0.1, 0.15) is 11.8 Å². The zero-order valence-electron chi connectivity index (χ0n) is 20.7. The summed E-state index contributed by atoms with van der Waals surface area (Å²) in [5.74, 6) is -0.0125. The van der Waals surface area contributed by atoms with Crippen molar-refractivity contribution < 1.29 is 18.9 Å². The van der Waals surface area contributed by atoms with Gasteiger partial charge in [0.2, 0.25) is 17.7 Å². The molecule has 8 heteroatoms. The van der Waals surface area contributed by atoms with Crippen molar-refractivity contribution in [1.29, 1.82) is 0 Å². The molecule has 1 atom stereocenters. The first-order valence-corrected chi connectivity index (χ1v) is 12.4. The molecule has 4 rings (SSSR count). The number of nitrogens with zero attached hydrogens (tertiary/aromatic N) is 2. The second kappa shape index (κ2) is 11.7. The summed E-state index contributed by atoms with van der Waals surface area (Å²) in [5.41, 5.74) is 2.38. The summed E-state index contributed by atoms with van der Waals surface area (Å²) in [6, 6.07) is 17.6. The molecule has 36 heavy (non-hydrogen) atoms. The topological polar surface area (TPSA) is 105 Å². The molecular formula is C28H32N4O4. The van der Waals surface area contributed by atoms with Gasteiger partial charge in [0.25, 0.3) is 0 Å². The number of para-hydroxylation sites is 1. The number of carbonyl (C=O) groups is 3. The van der Waals surface area contributed by atoms with Crippen molar-refractivity contribution in [3.05, 3.63) is 77.6 Å². The van der Waals surface area contributed by atoms with E-state index >= 15 is 0 Å². The van der Waals surface area contributed by atoms with Crippen LogP contribution in [0, 0.1) is 13.8 Å². The predicted molar refractivity (Wildman–Crippen MR) is 137 cm³/mol. The number of nitrogens with one attached hydrogen (secondary N) is 2. The Hall–Kier alpha value is -3.94. The van der Waals surface area contributed by atoms with E-state index in [2.05, 4.69) is 15.8 Å². The number of hydrogen-bond acceptors (Lipinski definition) is 5. The standard InChI is InChI=1S/C28H32N4O4/c1-19-12-14-21(15-13-19)27(28(35)29-22-8-6-7-9-22)32(23-10-4-3-5-11-23)26(34)17-16-25(33)30-24-18-20(2)36-31-24/h3-5,10-15,18,22,27H,6-9,16-17H2,1-2H3,(H,29,35)(H,30,31,33)/t27-/m1/s1. The zero-order chi connectivity index (χ0) is 25.5. The second-order valence-electron chi connectivity index (χ2n) is 9.27. The summed E-state index contributed by atoms with van der Waals surface area (Å²) in [5, 5.41) is 9.56. The first kappa shape index (κ1) is 25.2. The molecule has 0 radical (unpaired) electrons. The summed E-state index contributed by atoms with van der Waals surface area (Å²) in [6.07, 6.45) is 3.92. The molecule has 0 saturated heterocycles. The maximum atomic E-state index is 13.7. The summed E-state index contributed by atoms with van der Waals surface area (Å²) in [4.78, 5) is 41.3. The van der Waals surface area contributed by atoms with Crippen molar-refractivity contribution in [2.45, 2.75) is 64.5 Å². The molecule has 2 aromatic carbocycles. The molecule has 3 amide bonds. The number of rotatable bonds is 9. The summed E-state index contributed by atoms with van der Waals surface area (Å²) < 4.78 is 4.97. The van der Waals surface area contributed by atoms with E-state index in [4.69, 9.17) is 4.52 Å². The monoisotopic (exact) mass is 488 g/mol. The lowest BCUT2D eigenvalue weighted by Crippen LogP contribution is -2.46. The van der Waals surface area contributed by atoms with Gasteiger partial charge in [0.15, 0.2) is 5.82 Å². The smallest absolute Gasteiger partial charge is 0.248 e. The van der Waals surface area contributed by atoms with Gasteiger partial charge in [-0.05, 0) is 44.4 Å². The number of amides is 3. The lowest BCUT2D eigenvalue weighted by Gasteiger charge is -2.32. The van der Waals surface area contributed by atoms with Gasteiger partial charge in [0.05, 0.1) is 0 Å². The summed E-state index contributed by atoms with van der Waals surface area (Å²) in [6.45, 7) is 3.71. The van der Waals surface area contributed by atoms with Gasteiger partial charge < -0.3 is 15.2 Å². The molecule has 2 N–H and O–H groups in total. The molecule has 0 aliphatic heterocycles. The van der Waals surface area contributed by atoms with Crippen LogP contribution < -0.4 is 15.5 Å². The first-order chi connectivity index (χ1) is 17.4. The molecular weight excluding hydrogens is 456 g/mol. The van der Waals surface area contributed by atoms with Crippen LogP contribution in [0.5, 0.6) is 0 Å². The van der Waals surface area contributed by atoms with Crippen molar-refractivity contribution in [2.24, 2.45) is 0 Å². The number of aryl methyl sites for hydroxylation is 2. The normalized spacial score (nSPS) is 14.3. The van der Waals surface area contributed by atoms with Crippen molar-refractivity contribution in [3.8, 4) is 0 Å². The molecule has 8 nitrogen and oxygen atoms in total. The number of benzene rings is 2. The maximum Gasteiger partial charge on any atom is 0.248 e. The van der Waals surface area contributed by atoms with Crippen LogP contribution in [0.15, 0.2) is 65.2 Å². The Bertz CT molecular complexity index is 1180. The Labute approximate surface area is 211 Å². The van der Waals surface area contributed by atoms with Crippen LogP contribution in [0.4, 0.5) is 11.5 Å². The first-order valence-electron chi connectivity index (χ1n) is 12.4. The Morgan fingerprint density at radius 2 is 1.69 bits per heavy atom. The Morgan fingerprint density at radius 1 is 1.00 bits per heavy atom. The third-order valence-electron chi connectivity index (χ3n) is 6.37. The third-order valence-corrected chi connectivity index (χ3v) is 6.37. The number of carbonyl (C=O) groups excluding carboxylic acids is 3. The minimum atomic E-state index is -0.859. The highest BCUT2D eigenvalue weighted by Crippen LogP contribution is 2.30. The maximum absolute atomic E-state index is 13.7. The number of aromatic nitrogens is 1. The number of anilines is 2. The highest BCUT2D eigenvalue weighted by molar-refractivity contribution is 6.03. The lowest BCUT2D eigenvalue weighted by atomic mass is 10.0. The van der Waals surface area contributed by atoms with Crippen LogP contribution in [0.3, 0.4) is 0 Å². The SMILES string of the molecule is Cc1ccc([C@H](C(=O)NC2CCCC2)N(C(=O)CCC(=O)Nc2cc(C)on2)c2ccccc2)cc1. The highest BCUT2D eigenvalue weighted by atomic mass is 16.5. The Kier molecular flexibility index (Phi) is 8.15. The molecule has 1 aromatic heterocycles. The quantitative estimate of drug-likeness (QED) is 0.448. The van der Waals surface area contributed by atoms with Gasteiger partial charge in [0, 0.05) is 30.6 Å². The van der Waals surface area contributed by atoms with Crippen molar-refractivity contribution in [3.63, 3.8) is 0 Å². The highest BCUT2D eigenvalue weighted by Gasteiger charge is 2.34. The fraction of sp³-hybridized carbons (Fsp3) is 0.357. The largest absolute Gasteiger partial charge is 0.360 e. The van der Waals surface area contributed by atoms with Crippen LogP contribution in [0.1, 0.15) is 61.5 Å². The molecule has 0 unspecified atom stereocenters. The van der Waals surface area contributed by atoms with E-state index in [1.54, 1.807) is 25.1 Å². The van der Waals surface area contributed by atoms with Gasteiger partial charge in [-0.1, -0.05) is 66.0 Å². The average Bonchev–Trinajstić information content (AvgIpc) is 3.53. The summed E-state index contributed by atoms with van der Waals surface area (Å²) >= 11 is 0. The lowest BCUT2D eigenvalue weighted by molar-refractivity contribution is -0.127. The van der Waals surface area contributed by atoms with Gasteiger partial charge >= 0.3 is 0 Å². The number of hydrogen-bond donors (Lipinski definition) is 2. The fourth-order valence-electron chi connectivity index (χ4n) is 4.51. The fourth-order valence-corrected chi connectivity index (χ4v) is 4.51. The predicted octanol–water partition coefficient (Wildman–Crippen LogP) is 4.84. The Morgan fingerprint density at radius 3 is 2.33 bits per heavy atom. The van der Waals surface area contributed by atoms with E-state index < -0.39 is 6.04 Å². The van der Waals surface area contributed by atoms with Crippen molar-refractivity contribution in [2.75, 3.05) is 10.2 Å². The molecule has 0 bridgehead atoms. The molecule has 188 valence electrons. The van der Waals surface area contributed by atoms with Gasteiger partial charge in [-0.2, -0.15) is 0 Å². The van der Waals surface area contributed by atoms with Crippen LogP contribution >= 0.6 is 0 Å². The molecule has 0 spiro atoms. The molecule has 1 aliphatic carbocycles. The minimum absolute atomic E-state index is 0.0566. The second-order valence-corrected chi connectivity index (χ2v) is 9.27. The Balaban J connectivity index is 1.59. The van der Waals surface area contributed by atoms with Crippen LogP contribution in [-0.4, -0.2) is 28.9 Å². The van der Waals surface area contributed by atoms with E-state index in [1.807, 2.05) is 49.4 Å². The van der Waals surface area contributed by atoms with E-state index in [0.717, 1.165) is 36.8 Å². The van der Waals surface area contributed by atoms with Crippen molar-refractivity contribution in [1.82, 2.24) is 10.5 Å². The van der Waals surface area contributed by atoms with E-state index in [1.165, 1.54) is 4.90 Å². The molecule has 1 saturated carbocycles. The summed E-state index contributed by atoms with van der Waals surface area (Å²) in [7, 11) is 0. The molecule has 1 heterocycles.